The van der Waals surface area contributed by atoms with E-state index in [2.05, 4.69) is 4.98 Å². The fraction of sp³-hybridized carbons (Fsp3) is 0.500. The monoisotopic (exact) mass is 380 g/mol. The van der Waals surface area contributed by atoms with E-state index in [1.807, 2.05) is 37.5 Å². The summed E-state index contributed by atoms with van der Waals surface area (Å²) in [5.74, 6) is 1.44. The van der Waals surface area contributed by atoms with Crippen molar-refractivity contribution in [1.82, 2.24) is 19.5 Å². The van der Waals surface area contributed by atoms with Gasteiger partial charge in [0.1, 0.15) is 17.2 Å². The van der Waals surface area contributed by atoms with E-state index in [0.29, 0.717) is 41.2 Å². The van der Waals surface area contributed by atoms with Gasteiger partial charge >= 0.3 is 0 Å². The first-order chi connectivity index (χ1) is 13.4. The molecule has 2 aliphatic rings. The van der Waals surface area contributed by atoms with Crippen LogP contribution in [0.3, 0.4) is 0 Å². The van der Waals surface area contributed by atoms with Crippen LogP contribution in [0.4, 0.5) is 4.39 Å². The molecule has 5 rings (SSSR count). The number of rotatable bonds is 4. The van der Waals surface area contributed by atoms with Crippen LogP contribution in [-0.2, 0) is 12.0 Å². The van der Waals surface area contributed by atoms with E-state index in [1.165, 1.54) is 0 Å². The third kappa shape index (κ3) is 2.50. The van der Waals surface area contributed by atoms with Gasteiger partial charge in [-0.15, -0.1) is 0 Å². The molecule has 0 saturated heterocycles. The molecule has 0 unspecified atom stereocenters. The highest BCUT2D eigenvalue weighted by Crippen LogP contribution is 2.45. The molecule has 0 amide bonds. The van der Waals surface area contributed by atoms with Crippen LogP contribution in [-0.4, -0.2) is 24.6 Å². The number of pyridine rings is 1. The summed E-state index contributed by atoms with van der Waals surface area (Å²) in [7, 11) is 0. The van der Waals surface area contributed by atoms with Crippen molar-refractivity contribution in [3.63, 3.8) is 0 Å². The maximum Gasteiger partial charge on any atom is 0.155 e. The number of hydrogen-bond acceptors (Lipinski definition) is 4. The Morgan fingerprint density at radius 1 is 1.29 bits per heavy atom. The number of aromatic nitrogens is 4. The molecular formula is C22H25FN4O. The number of hydrogen-bond donors (Lipinski definition) is 1. The summed E-state index contributed by atoms with van der Waals surface area (Å²) in [6.07, 6.45) is 5.68. The molecule has 2 aliphatic carbocycles. The molecular weight excluding hydrogens is 355 g/mol. The highest BCUT2D eigenvalue weighted by Gasteiger charge is 2.38. The average Bonchev–Trinajstić information content (AvgIpc) is 3.43. The number of aliphatic hydroxyl groups is 1. The SMILES string of the molecule is CC[C@@]1(O)CCc2ccc(-n3c(C4CC4)c(F)c4cnc(C(C)C)nc43)nc21. The van der Waals surface area contributed by atoms with Gasteiger partial charge in [-0.25, -0.2) is 19.3 Å². The van der Waals surface area contributed by atoms with Crippen LogP contribution in [0.1, 0.15) is 81.1 Å². The van der Waals surface area contributed by atoms with Gasteiger partial charge < -0.3 is 5.11 Å². The van der Waals surface area contributed by atoms with Crippen LogP contribution in [0.2, 0.25) is 0 Å². The smallest absolute Gasteiger partial charge is 0.155 e. The number of fused-ring (bicyclic) bond motifs is 2. The highest BCUT2D eigenvalue weighted by atomic mass is 19.1. The number of halogens is 1. The largest absolute Gasteiger partial charge is 0.384 e. The number of nitrogens with zero attached hydrogens (tertiary/aromatic N) is 4. The maximum atomic E-state index is 15.3. The summed E-state index contributed by atoms with van der Waals surface area (Å²) in [4.78, 5) is 13.9. The molecule has 5 nitrogen and oxygen atoms in total. The summed E-state index contributed by atoms with van der Waals surface area (Å²) < 4.78 is 17.2. The Hall–Kier alpha value is -2.34. The van der Waals surface area contributed by atoms with Gasteiger partial charge in [0.2, 0.25) is 0 Å². The lowest BCUT2D eigenvalue weighted by Crippen LogP contribution is -2.22. The van der Waals surface area contributed by atoms with Crippen molar-refractivity contribution in [1.29, 1.82) is 0 Å². The molecule has 146 valence electrons. The van der Waals surface area contributed by atoms with E-state index in [0.717, 1.165) is 30.5 Å². The second-order valence-corrected chi connectivity index (χ2v) is 8.49. The lowest BCUT2D eigenvalue weighted by Gasteiger charge is -2.21. The quantitative estimate of drug-likeness (QED) is 0.724. The second kappa shape index (κ2) is 6.08. The van der Waals surface area contributed by atoms with Gasteiger partial charge in [0, 0.05) is 18.0 Å². The molecule has 0 aromatic carbocycles. The van der Waals surface area contributed by atoms with Crippen molar-refractivity contribution in [2.24, 2.45) is 0 Å². The van der Waals surface area contributed by atoms with Gasteiger partial charge in [-0.1, -0.05) is 26.8 Å². The first kappa shape index (κ1) is 17.7. The first-order valence-corrected chi connectivity index (χ1v) is 10.2. The van der Waals surface area contributed by atoms with Crippen LogP contribution < -0.4 is 0 Å². The van der Waals surface area contributed by atoms with Crippen LogP contribution >= 0.6 is 0 Å². The lowest BCUT2D eigenvalue weighted by molar-refractivity contribution is 0.0306. The van der Waals surface area contributed by atoms with Crippen molar-refractivity contribution >= 4 is 11.0 Å². The van der Waals surface area contributed by atoms with Gasteiger partial charge in [-0.3, -0.25) is 4.57 Å². The van der Waals surface area contributed by atoms with Crippen molar-refractivity contribution in [2.75, 3.05) is 0 Å². The van der Waals surface area contributed by atoms with E-state index in [1.54, 1.807) is 6.20 Å². The molecule has 1 N–H and O–H groups in total. The molecule has 0 bridgehead atoms. The molecule has 1 atom stereocenters. The topological polar surface area (TPSA) is 63.8 Å². The fourth-order valence-electron chi connectivity index (χ4n) is 4.30. The summed E-state index contributed by atoms with van der Waals surface area (Å²) in [5, 5.41) is 11.4. The van der Waals surface area contributed by atoms with E-state index in [4.69, 9.17) is 9.97 Å². The van der Waals surface area contributed by atoms with Crippen LogP contribution in [0.25, 0.3) is 16.9 Å². The van der Waals surface area contributed by atoms with E-state index >= 15 is 4.39 Å². The Kier molecular flexibility index (Phi) is 3.85. The summed E-state index contributed by atoms with van der Waals surface area (Å²) >= 11 is 0. The van der Waals surface area contributed by atoms with Crippen molar-refractivity contribution in [2.45, 2.75) is 70.3 Å². The van der Waals surface area contributed by atoms with Gasteiger partial charge in [0.25, 0.3) is 0 Å². The Morgan fingerprint density at radius 2 is 2.07 bits per heavy atom. The third-order valence-corrected chi connectivity index (χ3v) is 6.21. The Morgan fingerprint density at radius 3 is 2.75 bits per heavy atom. The van der Waals surface area contributed by atoms with E-state index < -0.39 is 5.60 Å². The summed E-state index contributed by atoms with van der Waals surface area (Å²) in [5.41, 5.74) is 2.13. The average molecular weight is 380 g/mol. The van der Waals surface area contributed by atoms with Crippen molar-refractivity contribution in [3.8, 4) is 5.82 Å². The highest BCUT2D eigenvalue weighted by molar-refractivity contribution is 5.80. The van der Waals surface area contributed by atoms with Gasteiger partial charge in [0.05, 0.1) is 16.8 Å². The standard InChI is InChI=1S/C22H25FN4O/c1-4-22(28)10-9-14-7-8-16(25-19(14)22)27-18(13-5-6-13)17(23)15-11-24-20(12(2)3)26-21(15)27/h7-8,11-13,28H,4-6,9-10H2,1-3H3/t22-/m1/s1. The molecule has 0 radical (unpaired) electrons. The molecule has 28 heavy (non-hydrogen) atoms. The Labute approximate surface area is 163 Å². The summed E-state index contributed by atoms with van der Waals surface area (Å²) in [6, 6.07) is 3.96. The Bertz CT molecular complexity index is 1090. The van der Waals surface area contributed by atoms with E-state index in [9.17, 15) is 5.11 Å². The zero-order chi connectivity index (χ0) is 19.6. The Balaban J connectivity index is 1.78. The number of aryl methyl sites for hydroxylation is 1. The normalized spacial score (nSPS) is 21.6. The molecule has 1 saturated carbocycles. The molecule has 0 spiro atoms. The molecule has 3 aromatic heterocycles. The van der Waals surface area contributed by atoms with Gasteiger partial charge in [-0.2, -0.15) is 0 Å². The summed E-state index contributed by atoms with van der Waals surface area (Å²) in [6.45, 7) is 6.04. The zero-order valence-corrected chi connectivity index (χ0v) is 16.5. The fourth-order valence-corrected chi connectivity index (χ4v) is 4.30. The van der Waals surface area contributed by atoms with Gasteiger partial charge in [0.15, 0.2) is 11.5 Å². The maximum absolute atomic E-state index is 15.3. The zero-order valence-electron chi connectivity index (χ0n) is 16.5. The first-order valence-electron chi connectivity index (χ1n) is 10.2. The van der Waals surface area contributed by atoms with Crippen molar-refractivity contribution < 1.29 is 9.50 Å². The molecule has 1 fully saturated rings. The molecule has 6 heteroatoms. The molecule has 0 aliphatic heterocycles. The van der Waals surface area contributed by atoms with Crippen molar-refractivity contribution in [3.05, 3.63) is 46.9 Å². The van der Waals surface area contributed by atoms with E-state index in [-0.39, 0.29) is 17.7 Å². The van der Waals surface area contributed by atoms with Gasteiger partial charge in [-0.05, 0) is 43.7 Å². The second-order valence-electron chi connectivity index (χ2n) is 8.49. The molecule has 3 heterocycles. The minimum Gasteiger partial charge on any atom is -0.384 e. The van der Waals surface area contributed by atoms with Crippen LogP contribution in [0, 0.1) is 5.82 Å². The minimum atomic E-state index is -0.898. The predicted molar refractivity (Wildman–Crippen MR) is 105 cm³/mol. The van der Waals surface area contributed by atoms with Crippen LogP contribution in [0.15, 0.2) is 18.3 Å². The minimum absolute atomic E-state index is 0.151. The van der Waals surface area contributed by atoms with Crippen LogP contribution in [0.5, 0.6) is 0 Å². The lowest BCUT2D eigenvalue weighted by atomic mass is 9.98. The predicted octanol–water partition coefficient (Wildman–Crippen LogP) is 4.50. The third-order valence-electron chi connectivity index (χ3n) is 6.21. The molecule has 3 aromatic rings.